The van der Waals surface area contributed by atoms with Crippen LogP contribution in [0.3, 0.4) is 0 Å². The maximum absolute atomic E-state index is 13.0. The molecule has 0 bridgehead atoms. The lowest BCUT2D eigenvalue weighted by Gasteiger charge is -2.34. The predicted octanol–water partition coefficient (Wildman–Crippen LogP) is 4.96. The number of aromatic nitrogens is 1. The number of anilines is 1. The number of thiazole rings is 1. The first-order valence-corrected chi connectivity index (χ1v) is 11.3. The zero-order chi connectivity index (χ0) is 20.7. The van der Waals surface area contributed by atoms with Crippen molar-refractivity contribution in [2.24, 2.45) is 0 Å². The topological polar surface area (TPSA) is 36.4 Å². The molecule has 152 valence electrons. The first-order valence-electron chi connectivity index (χ1n) is 10.5. The Balaban J connectivity index is 1.27. The predicted molar refractivity (Wildman–Crippen MR) is 126 cm³/mol. The van der Waals surface area contributed by atoms with Gasteiger partial charge in [-0.15, -0.1) is 0 Å². The number of carbonyl (C=O) groups is 1. The summed E-state index contributed by atoms with van der Waals surface area (Å²) in [4.78, 5) is 22.1. The normalized spacial score (nSPS) is 14.6. The molecule has 0 spiro atoms. The van der Waals surface area contributed by atoms with Gasteiger partial charge >= 0.3 is 0 Å². The molecule has 4 nitrogen and oxygen atoms in total. The maximum Gasteiger partial charge on any atom is 0.227 e. The molecule has 1 aliphatic rings. The molecule has 4 aromatic rings. The number of carbonyl (C=O) groups excluding carboxylic acids is 1. The Kier molecular flexibility index (Phi) is 4.91. The standard InChI is InChI=1S/C25H25N3OS/c1-17-14-22-23(15-18(17)2)30-25(26-22)28-12-10-27(11-13-28)24(29)16-20-8-5-7-19-6-3-4-9-21(19)20/h3-9,14-15H,10-13,16H2,1-2H3. The lowest BCUT2D eigenvalue weighted by molar-refractivity contribution is -0.130. The van der Waals surface area contributed by atoms with Gasteiger partial charge in [-0.1, -0.05) is 53.8 Å². The average Bonchev–Trinajstić information content (AvgIpc) is 3.17. The molecule has 1 saturated heterocycles. The van der Waals surface area contributed by atoms with Crippen molar-refractivity contribution in [1.82, 2.24) is 9.88 Å². The number of hydrogen-bond donors (Lipinski definition) is 0. The molecule has 5 heteroatoms. The summed E-state index contributed by atoms with van der Waals surface area (Å²) in [6, 6.07) is 18.9. The van der Waals surface area contributed by atoms with Gasteiger partial charge in [-0.25, -0.2) is 4.98 Å². The molecule has 30 heavy (non-hydrogen) atoms. The van der Waals surface area contributed by atoms with E-state index < -0.39 is 0 Å². The van der Waals surface area contributed by atoms with Crippen molar-refractivity contribution in [2.45, 2.75) is 20.3 Å². The van der Waals surface area contributed by atoms with Crippen LogP contribution in [-0.2, 0) is 11.2 Å². The summed E-state index contributed by atoms with van der Waals surface area (Å²) in [6.45, 7) is 7.44. The molecule has 1 fully saturated rings. The minimum atomic E-state index is 0.210. The average molecular weight is 416 g/mol. The van der Waals surface area contributed by atoms with Crippen molar-refractivity contribution in [3.63, 3.8) is 0 Å². The van der Waals surface area contributed by atoms with Crippen LogP contribution < -0.4 is 4.90 Å². The lowest BCUT2D eigenvalue weighted by Crippen LogP contribution is -2.49. The Morgan fingerprint density at radius 2 is 1.70 bits per heavy atom. The van der Waals surface area contributed by atoms with Gasteiger partial charge in [0.15, 0.2) is 5.13 Å². The molecule has 0 aliphatic carbocycles. The summed E-state index contributed by atoms with van der Waals surface area (Å²) in [5.41, 5.74) is 4.77. The first-order chi connectivity index (χ1) is 14.6. The van der Waals surface area contributed by atoms with Gasteiger partial charge in [0.25, 0.3) is 0 Å². The van der Waals surface area contributed by atoms with Gasteiger partial charge in [-0.2, -0.15) is 0 Å². The number of nitrogens with zero attached hydrogens (tertiary/aromatic N) is 3. The minimum Gasteiger partial charge on any atom is -0.345 e. The Labute approximate surface area is 180 Å². The van der Waals surface area contributed by atoms with Crippen molar-refractivity contribution < 1.29 is 4.79 Å². The van der Waals surface area contributed by atoms with E-state index >= 15 is 0 Å². The number of benzene rings is 3. The molecule has 1 amide bonds. The molecule has 0 saturated carbocycles. The van der Waals surface area contributed by atoms with Crippen LogP contribution in [0.4, 0.5) is 5.13 Å². The second kappa shape index (κ2) is 7.73. The first kappa shape index (κ1) is 19.1. The van der Waals surface area contributed by atoms with Crippen LogP contribution in [-0.4, -0.2) is 42.0 Å². The number of hydrogen-bond acceptors (Lipinski definition) is 4. The molecule has 1 aromatic heterocycles. The third-order valence-corrected chi connectivity index (χ3v) is 7.20. The van der Waals surface area contributed by atoms with Crippen LogP contribution in [0.25, 0.3) is 21.0 Å². The Morgan fingerprint density at radius 1 is 0.967 bits per heavy atom. The van der Waals surface area contributed by atoms with E-state index in [0.717, 1.165) is 42.4 Å². The molecule has 0 unspecified atom stereocenters. The number of amides is 1. The molecule has 0 N–H and O–H groups in total. The zero-order valence-corrected chi connectivity index (χ0v) is 18.2. The van der Waals surface area contributed by atoms with Crippen molar-refractivity contribution in [3.8, 4) is 0 Å². The number of aryl methyl sites for hydroxylation is 2. The highest BCUT2D eigenvalue weighted by Gasteiger charge is 2.23. The quantitative estimate of drug-likeness (QED) is 0.475. The zero-order valence-electron chi connectivity index (χ0n) is 17.4. The summed E-state index contributed by atoms with van der Waals surface area (Å²) in [5.74, 6) is 0.210. The molecule has 0 atom stereocenters. The summed E-state index contributed by atoms with van der Waals surface area (Å²) < 4.78 is 1.24. The van der Waals surface area contributed by atoms with E-state index in [2.05, 4.69) is 55.1 Å². The van der Waals surface area contributed by atoms with Crippen LogP contribution in [0.5, 0.6) is 0 Å². The molecular weight excluding hydrogens is 390 g/mol. The molecular formula is C25H25N3OS. The van der Waals surface area contributed by atoms with E-state index in [4.69, 9.17) is 4.98 Å². The van der Waals surface area contributed by atoms with E-state index in [9.17, 15) is 4.79 Å². The molecule has 1 aliphatic heterocycles. The van der Waals surface area contributed by atoms with Crippen molar-refractivity contribution >= 4 is 43.4 Å². The lowest BCUT2D eigenvalue weighted by atomic mass is 10.0. The van der Waals surface area contributed by atoms with Crippen LogP contribution in [0.1, 0.15) is 16.7 Å². The van der Waals surface area contributed by atoms with E-state index in [1.54, 1.807) is 11.3 Å². The van der Waals surface area contributed by atoms with Gasteiger partial charge in [0.1, 0.15) is 0 Å². The van der Waals surface area contributed by atoms with Crippen LogP contribution >= 0.6 is 11.3 Å². The molecule has 5 rings (SSSR count). The SMILES string of the molecule is Cc1cc2nc(N3CCN(C(=O)Cc4cccc5ccccc45)CC3)sc2cc1C. The smallest absolute Gasteiger partial charge is 0.227 e. The molecule has 0 radical (unpaired) electrons. The maximum atomic E-state index is 13.0. The fourth-order valence-corrected chi connectivity index (χ4v) is 5.27. The largest absolute Gasteiger partial charge is 0.345 e. The minimum absolute atomic E-state index is 0.210. The highest BCUT2D eigenvalue weighted by atomic mass is 32.1. The summed E-state index contributed by atoms with van der Waals surface area (Å²) >= 11 is 1.75. The van der Waals surface area contributed by atoms with Crippen molar-refractivity contribution in [3.05, 3.63) is 71.3 Å². The third-order valence-electron chi connectivity index (χ3n) is 6.12. The van der Waals surface area contributed by atoms with E-state index in [-0.39, 0.29) is 5.91 Å². The highest BCUT2D eigenvalue weighted by Crippen LogP contribution is 2.31. The number of fused-ring (bicyclic) bond motifs is 2. The van der Waals surface area contributed by atoms with E-state index in [1.165, 1.54) is 26.6 Å². The fourth-order valence-electron chi connectivity index (χ4n) is 4.17. The van der Waals surface area contributed by atoms with Gasteiger partial charge in [-0.05, 0) is 53.4 Å². The van der Waals surface area contributed by atoms with Gasteiger partial charge in [0, 0.05) is 26.2 Å². The molecule has 3 aromatic carbocycles. The monoisotopic (exact) mass is 415 g/mol. The van der Waals surface area contributed by atoms with E-state index in [1.807, 2.05) is 23.1 Å². The van der Waals surface area contributed by atoms with Crippen LogP contribution in [0.15, 0.2) is 54.6 Å². The molecule has 2 heterocycles. The van der Waals surface area contributed by atoms with Crippen molar-refractivity contribution in [1.29, 1.82) is 0 Å². The summed E-state index contributed by atoms with van der Waals surface area (Å²) in [6.07, 6.45) is 0.459. The second-order valence-corrected chi connectivity index (χ2v) is 9.09. The van der Waals surface area contributed by atoms with Crippen LogP contribution in [0.2, 0.25) is 0 Å². The van der Waals surface area contributed by atoms with E-state index in [0.29, 0.717) is 6.42 Å². The van der Waals surface area contributed by atoms with Crippen molar-refractivity contribution in [2.75, 3.05) is 31.1 Å². The number of rotatable bonds is 3. The summed E-state index contributed by atoms with van der Waals surface area (Å²) in [7, 11) is 0. The number of piperazine rings is 1. The van der Waals surface area contributed by atoms with Crippen LogP contribution in [0, 0.1) is 13.8 Å². The second-order valence-electron chi connectivity index (χ2n) is 8.08. The van der Waals surface area contributed by atoms with Gasteiger partial charge < -0.3 is 9.80 Å². The van der Waals surface area contributed by atoms with Gasteiger partial charge in [-0.3, -0.25) is 4.79 Å². The van der Waals surface area contributed by atoms with Gasteiger partial charge in [0.05, 0.1) is 16.6 Å². The fraction of sp³-hybridized carbons (Fsp3) is 0.280. The highest BCUT2D eigenvalue weighted by molar-refractivity contribution is 7.22. The Bertz CT molecular complexity index is 1190. The summed E-state index contributed by atoms with van der Waals surface area (Å²) in [5, 5.41) is 3.43. The third kappa shape index (κ3) is 3.54. The van der Waals surface area contributed by atoms with Gasteiger partial charge in [0.2, 0.25) is 5.91 Å². The Hall–Kier alpha value is -2.92. The Morgan fingerprint density at radius 3 is 2.53 bits per heavy atom.